The van der Waals surface area contributed by atoms with Gasteiger partial charge in [-0.2, -0.15) is 5.10 Å². The summed E-state index contributed by atoms with van der Waals surface area (Å²) in [4.78, 5) is 45.0. The van der Waals surface area contributed by atoms with Crippen LogP contribution in [0.5, 0.6) is 11.5 Å². The minimum absolute atomic E-state index is 0.0328. The van der Waals surface area contributed by atoms with Gasteiger partial charge in [0.1, 0.15) is 17.3 Å². The minimum atomic E-state index is -0.440. The van der Waals surface area contributed by atoms with Gasteiger partial charge in [0.2, 0.25) is 5.91 Å². The number of benzene rings is 2. The molecular formula is C38H47N7O4. The maximum absolute atomic E-state index is 13.3. The highest BCUT2D eigenvalue weighted by molar-refractivity contribution is 5.99. The number of carbonyl (C=O) groups excluding carboxylic acids is 3. The Morgan fingerprint density at radius 2 is 1.53 bits per heavy atom. The molecule has 2 aromatic carbocycles. The molecule has 3 N–H and O–H groups in total. The molecule has 11 heteroatoms. The molecule has 1 fully saturated rings. The number of nitrogens with zero attached hydrogens (tertiary/aromatic N) is 4. The number of hydrogen-bond donors (Lipinski definition) is 3. The number of piperidine rings is 1. The first-order valence-electron chi connectivity index (χ1n) is 16.8. The predicted octanol–water partition coefficient (Wildman–Crippen LogP) is 7.41. The van der Waals surface area contributed by atoms with E-state index >= 15 is 0 Å². The lowest BCUT2D eigenvalue weighted by molar-refractivity contribution is -0.134. The van der Waals surface area contributed by atoms with Gasteiger partial charge in [-0.15, -0.1) is 0 Å². The van der Waals surface area contributed by atoms with Crippen molar-refractivity contribution in [3.63, 3.8) is 0 Å². The molecule has 1 aliphatic rings. The molecule has 4 amide bonds. The van der Waals surface area contributed by atoms with Crippen molar-refractivity contribution in [2.24, 2.45) is 11.3 Å². The fourth-order valence-electron chi connectivity index (χ4n) is 5.53. The number of pyridine rings is 1. The fourth-order valence-corrected chi connectivity index (χ4v) is 5.53. The van der Waals surface area contributed by atoms with Crippen molar-refractivity contribution in [2.75, 3.05) is 30.3 Å². The maximum Gasteiger partial charge on any atom is 0.324 e. The Labute approximate surface area is 288 Å². The van der Waals surface area contributed by atoms with E-state index in [1.165, 1.54) is 0 Å². The maximum atomic E-state index is 13.3. The Morgan fingerprint density at radius 1 is 0.857 bits per heavy atom. The van der Waals surface area contributed by atoms with Crippen LogP contribution in [0.3, 0.4) is 0 Å². The average Bonchev–Trinajstić information content (AvgIpc) is 3.49. The first-order valence-corrected chi connectivity index (χ1v) is 16.8. The van der Waals surface area contributed by atoms with Crippen LogP contribution in [-0.2, 0) is 10.2 Å². The van der Waals surface area contributed by atoms with Crippen molar-refractivity contribution in [3.8, 4) is 17.2 Å². The lowest BCUT2D eigenvalue weighted by atomic mass is 9.90. The van der Waals surface area contributed by atoms with Crippen molar-refractivity contribution in [2.45, 2.75) is 66.2 Å². The smallest absolute Gasteiger partial charge is 0.324 e. The number of anilines is 2. The zero-order chi connectivity index (χ0) is 35.2. The second-order valence-electron chi connectivity index (χ2n) is 14.8. The Hall–Kier alpha value is -5.19. The van der Waals surface area contributed by atoms with E-state index in [9.17, 15) is 14.4 Å². The highest BCUT2D eigenvalue weighted by Crippen LogP contribution is 2.28. The van der Waals surface area contributed by atoms with Crippen LogP contribution in [0.15, 0.2) is 79.1 Å². The third-order valence-electron chi connectivity index (χ3n) is 8.27. The molecule has 0 atom stereocenters. The van der Waals surface area contributed by atoms with E-state index in [0.29, 0.717) is 53.1 Å². The van der Waals surface area contributed by atoms with Crippen LogP contribution in [0, 0.1) is 11.3 Å². The van der Waals surface area contributed by atoms with Gasteiger partial charge < -0.3 is 20.3 Å². The lowest BCUT2D eigenvalue weighted by Crippen LogP contribution is -2.42. The number of amides is 4. The number of ether oxygens (including phenoxy) is 1. The first-order chi connectivity index (χ1) is 23.2. The van der Waals surface area contributed by atoms with Crippen molar-refractivity contribution >= 4 is 29.4 Å². The SMILES string of the molecule is CC(C)(C)CC(=O)N1CCC(CNC(=O)c2cccc(-n3nc(C(C)(C)C)cc3NC(=O)Nc3ccc(Oc4ccncc4)cc3)c2)CC1. The van der Waals surface area contributed by atoms with Gasteiger partial charge in [-0.1, -0.05) is 47.6 Å². The summed E-state index contributed by atoms with van der Waals surface area (Å²) in [7, 11) is 0. The molecule has 0 unspecified atom stereocenters. The van der Waals surface area contributed by atoms with Crippen molar-refractivity contribution in [1.29, 1.82) is 0 Å². The molecule has 3 heterocycles. The van der Waals surface area contributed by atoms with Crippen LogP contribution in [0.1, 0.15) is 76.9 Å². The fraction of sp³-hybridized carbons (Fsp3) is 0.395. The molecule has 0 bridgehead atoms. The van der Waals surface area contributed by atoms with Crippen LogP contribution >= 0.6 is 0 Å². The van der Waals surface area contributed by atoms with Gasteiger partial charge in [-0.25, -0.2) is 9.48 Å². The number of nitrogens with one attached hydrogen (secondary N) is 3. The molecule has 5 rings (SSSR count). The van der Waals surface area contributed by atoms with E-state index in [0.717, 1.165) is 31.6 Å². The quantitative estimate of drug-likeness (QED) is 0.171. The Bertz CT molecular complexity index is 1750. The lowest BCUT2D eigenvalue weighted by Gasteiger charge is -2.33. The van der Waals surface area contributed by atoms with Gasteiger partial charge in [-0.3, -0.25) is 19.9 Å². The molecule has 0 radical (unpaired) electrons. The first kappa shape index (κ1) is 35.1. The number of aromatic nitrogens is 3. The summed E-state index contributed by atoms with van der Waals surface area (Å²) >= 11 is 0. The van der Waals surface area contributed by atoms with Gasteiger partial charge in [0.05, 0.1) is 11.4 Å². The van der Waals surface area contributed by atoms with E-state index in [1.54, 1.807) is 71.7 Å². The monoisotopic (exact) mass is 665 g/mol. The van der Waals surface area contributed by atoms with E-state index < -0.39 is 6.03 Å². The van der Waals surface area contributed by atoms with Gasteiger partial charge in [0.15, 0.2) is 0 Å². The zero-order valence-corrected chi connectivity index (χ0v) is 29.2. The molecule has 258 valence electrons. The van der Waals surface area contributed by atoms with E-state index in [2.05, 4.69) is 41.7 Å². The zero-order valence-electron chi connectivity index (χ0n) is 29.2. The van der Waals surface area contributed by atoms with Crippen molar-refractivity contribution in [1.82, 2.24) is 25.0 Å². The topological polar surface area (TPSA) is 130 Å². The molecule has 0 saturated carbocycles. The summed E-state index contributed by atoms with van der Waals surface area (Å²) in [6.07, 6.45) is 5.57. The molecule has 0 spiro atoms. The Morgan fingerprint density at radius 3 is 2.18 bits per heavy atom. The van der Waals surface area contributed by atoms with E-state index in [1.807, 2.05) is 37.8 Å². The summed E-state index contributed by atoms with van der Waals surface area (Å²) in [5.41, 5.74) is 2.18. The van der Waals surface area contributed by atoms with Crippen LogP contribution in [0.4, 0.5) is 16.3 Å². The second-order valence-corrected chi connectivity index (χ2v) is 14.8. The van der Waals surface area contributed by atoms with Crippen molar-refractivity contribution in [3.05, 3.63) is 90.4 Å². The highest BCUT2D eigenvalue weighted by Gasteiger charge is 2.26. The number of carbonyl (C=O) groups is 3. The summed E-state index contributed by atoms with van der Waals surface area (Å²) in [5, 5.41) is 13.7. The number of rotatable bonds is 9. The molecule has 2 aromatic heterocycles. The summed E-state index contributed by atoms with van der Waals surface area (Å²) in [6, 6.07) is 19.2. The molecule has 1 saturated heterocycles. The number of likely N-dealkylation sites (tertiary alicyclic amines) is 1. The Balaban J connectivity index is 1.21. The molecule has 4 aromatic rings. The largest absolute Gasteiger partial charge is 0.457 e. The third kappa shape index (κ3) is 9.91. The molecule has 11 nitrogen and oxygen atoms in total. The van der Waals surface area contributed by atoms with Crippen LogP contribution in [0.2, 0.25) is 0 Å². The summed E-state index contributed by atoms with van der Waals surface area (Å²) in [6.45, 7) is 14.4. The van der Waals surface area contributed by atoms with E-state index in [-0.39, 0.29) is 22.6 Å². The van der Waals surface area contributed by atoms with E-state index in [4.69, 9.17) is 9.84 Å². The number of urea groups is 1. The normalized spacial score (nSPS) is 13.9. The van der Waals surface area contributed by atoms with Crippen LogP contribution in [0.25, 0.3) is 5.69 Å². The summed E-state index contributed by atoms with van der Waals surface area (Å²) < 4.78 is 7.45. The van der Waals surface area contributed by atoms with Crippen molar-refractivity contribution < 1.29 is 19.1 Å². The number of hydrogen-bond acceptors (Lipinski definition) is 6. The molecule has 49 heavy (non-hydrogen) atoms. The predicted molar refractivity (Wildman–Crippen MR) is 191 cm³/mol. The molecule has 0 aliphatic carbocycles. The molecule has 1 aliphatic heterocycles. The Kier molecular flexibility index (Phi) is 10.7. The summed E-state index contributed by atoms with van der Waals surface area (Å²) in [5.74, 6) is 2.09. The van der Waals surface area contributed by atoms with Crippen LogP contribution in [-0.4, -0.2) is 57.1 Å². The van der Waals surface area contributed by atoms with Gasteiger partial charge in [0.25, 0.3) is 5.91 Å². The molecular weight excluding hydrogens is 618 g/mol. The van der Waals surface area contributed by atoms with Gasteiger partial charge >= 0.3 is 6.03 Å². The third-order valence-corrected chi connectivity index (χ3v) is 8.27. The van der Waals surface area contributed by atoms with Crippen LogP contribution < -0.4 is 20.7 Å². The van der Waals surface area contributed by atoms with Gasteiger partial charge in [0, 0.05) is 61.2 Å². The standard InChI is InChI=1S/C38H47N7O4/c1-37(2,3)24-34(46)44-20-16-26(17-21-44)25-40-35(47)27-8-7-9-29(22-27)45-33(23-32(43-45)38(4,5)6)42-36(48)41-28-10-12-30(13-11-28)49-31-14-18-39-19-15-31/h7-15,18-19,22-23,26H,16-17,20-21,24-25H2,1-6H3,(H,40,47)(H2,41,42,48). The average molecular weight is 666 g/mol. The highest BCUT2D eigenvalue weighted by atomic mass is 16.5. The second kappa shape index (κ2) is 14.9. The minimum Gasteiger partial charge on any atom is -0.457 e. The van der Waals surface area contributed by atoms with Gasteiger partial charge in [-0.05, 0) is 78.8 Å².